The Morgan fingerprint density at radius 2 is 2.00 bits per heavy atom. The lowest BCUT2D eigenvalue weighted by atomic mass is 9.78. The third-order valence-corrected chi connectivity index (χ3v) is 5.80. The van der Waals surface area contributed by atoms with E-state index in [4.69, 9.17) is 9.47 Å². The lowest BCUT2D eigenvalue weighted by Crippen LogP contribution is -2.47. The summed E-state index contributed by atoms with van der Waals surface area (Å²) in [7, 11) is 1.65. The number of amides is 1. The number of ether oxygens (including phenoxy) is 2. The zero-order valence-corrected chi connectivity index (χ0v) is 16.9. The summed E-state index contributed by atoms with van der Waals surface area (Å²) in [6.07, 6.45) is 4.80. The topological polar surface area (TPSA) is 47.6 Å². The molecule has 0 bridgehead atoms. The molecule has 2 aromatic carbocycles. The number of methoxy groups -OCH3 is 1. The Morgan fingerprint density at radius 3 is 2.67 bits per heavy atom. The predicted molar refractivity (Wildman–Crippen MR) is 110 cm³/mol. The molecule has 2 aromatic rings. The Bertz CT molecular complexity index is 803. The summed E-state index contributed by atoms with van der Waals surface area (Å²) in [6.45, 7) is 6.37. The van der Waals surface area contributed by atoms with Crippen molar-refractivity contribution in [3.8, 4) is 5.75 Å². The molecule has 0 radical (unpaired) electrons. The van der Waals surface area contributed by atoms with Crippen LogP contribution in [0.25, 0.3) is 10.8 Å². The molecule has 1 N–H and O–H groups in total. The maximum Gasteiger partial charge on any atom is 0.256 e. The SMILES string of the molecule is CC[C@@H](C)Oc1ccc(NC(=O)[C@@]2(OC)CCC[C@@H](C)C2)c2ccccc12. The molecule has 27 heavy (non-hydrogen) atoms. The Morgan fingerprint density at radius 1 is 1.26 bits per heavy atom. The molecule has 1 amide bonds. The average Bonchev–Trinajstić information content (AvgIpc) is 2.69. The largest absolute Gasteiger partial charge is 0.490 e. The molecule has 146 valence electrons. The summed E-state index contributed by atoms with van der Waals surface area (Å²) in [5, 5.41) is 5.14. The van der Waals surface area contributed by atoms with E-state index in [0.29, 0.717) is 5.92 Å². The molecular formula is C23H31NO3. The standard InChI is InChI=1S/C23H31NO3/c1-5-17(3)27-21-13-12-20(18-10-6-7-11-19(18)21)24-22(25)23(26-4)14-8-9-16(2)15-23/h6-7,10-13,16-17H,5,8-9,14-15H2,1-4H3,(H,24,25)/t16-,17-,23-/m1/s1. The van der Waals surface area contributed by atoms with E-state index < -0.39 is 5.60 Å². The van der Waals surface area contributed by atoms with Crippen LogP contribution < -0.4 is 10.1 Å². The van der Waals surface area contributed by atoms with Crippen LogP contribution in [0.15, 0.2) is 36.4 Å². The molecule has 0 aliphatic heterocycles. The zero-order valence-electron chi connectivity index (χ0n) is 16.9. The van der Waals surface area contributed by atoms with Crippen LogP contribution in [0.5, 0.6) is 5.75 Å². The number of carbonyl (C=O) groups is 1. The first kappa shape index (κ1) is 19.7. The van der Waals surface area contributed by atoms with Crippen molar-refractivity contribution in [2.24, 2.45) is 5.92 Å². The lowest BCUT2D eigenvalue weighted by molar-refractivity contribution is -0.143. The van der Waals surface area contributed by atoms with Gasteiger partial charge in [0.25, 0.3) is 5.91 Å². The van der Waals surface area contributed by atoms with Gasteiger partial charge in [0.1, 0.15) is 11.4 Å². The third kappa shape index (κ3) is 4.11. The quantitative estimate of drug-likeness (QED) is 0.726. The second-order valence-electron chi connectivity index (χ2n) is 7.85. The van der Waals surface area contributed by atoms with Gasteiger partial charge in [0.05, 0.1) is 6.10 Å². The maximum absolute atomic E-state index is 13.2. The summed E-state index contributed by atoms with van der Waals surface area (Å²) in [5.74, 6) is 1.30. The highest BCUT2D eigenvalue weighted by atomic mass is 16.5. The normalized spacial score (nSPS) is 23.8. The molecule has 1 saturated carbocycles. The number of anilines is 1. The highest BCUT2D eigenvalue weighted by Gasteiger charge is 2.42. The van der Waals surface area contributed by atoms with E-state index in [2.05, 4.69) is 26.1 Å². The van der Waals surface area contributed by atoms with Gasteiger partial charge in [-0.3, -0.25) is 4.79 Å². The number of fused-ring (bicyclic) bond motifs is 1. The molecule has 0 aromatic heterocycles. The Balaban J connectivity index is 1.91. The van der Waals surface area contributed by atoms with Crippen molar-refractivity contribution in [3.05, 3.63) is 36.4 Å². The van der Waals surface area contributed by atoms with E-state index in [0.717, 1.165) is 54.3 Å². The molecule has 4 heteroatoms. The number of rotatable bonds is 6. The smallest absolute Gasteiger partial charge is 0.256 e. The molecule has 4 nitrogen and oxygen atoms in total. The number of benzene rings is 2. The minimum absolute atomic E-state index is 0.0442. The molecular weight excluding hydrogens is 338 g/mol. The van der Waals surface area contributed by atoms with Gasteiger partial charge in [0.2, 0.25) is 0 Å². The summed E-state index contributed by atoms with van der Waals surface area (Å²) in [6, 6.07) is 11.9. The van der Waals surface area contributed by atoms with Crippen molar-refractivity contribution in [3.63, 3.8) is 0 Å². The highest BCUT2D eigenvalue weighted by Crippen LogP contribution is 2.37. The first-order chi connectivity index (χ1) is 13.0. The summed E-state index contributed by atoms with van der Waals surface area (Å²) < 4.78 is 11.8. The molecule has 0 heterocycles. The fourth-order valence-electron chi connectivity index (χ4n) is 4.01. The van der Waals surface area contributed by atoms with Crippen LogP contribution in [0.2, 0.25) is 0 Å². The first-order valence-electron chi connectivity index (χ1n) is 10.0. The van der Waals surface area contributed by atoms with Gasteiger partial charge < -0.3 is 14.8 Å². The van der Waals surface area contributed by atoms with Crippen LogP contribution in [0.3, 0.4) is 0 Å². The van der Waals surface area contributed by atoms with Gasteiger partial charge in [0, 0.05) is 23.6 Å². The van der Waals surface area contributed by atoms with Crippen molar-refractivity contribution in [1.29, 1.82) is 0 Å². The van der Waals surface area contributed by atoms with Crippen molar-refractivity contribution >= 4 is 22.4 Å². The molecule has 1 aliphatic rings. The summed E-state index contributed by atoms with van der Waals surface area (Å²) >= 11 is 0. The lowest BCUT2D eigenvalue weighted by Gasteiger charge is -2.37. The first-order valence-corrected chi connectivity index (χ1v) is 10.0. The van der Waals surface area contributed by atoms with Gasteiger partial charge in [-0.1, -0.05) is 44.5 Å². The van der Waals surface area contributed by atoms with Crippen LogP contribution in [0, 0.1) is 5.92 Å². The van der Waals surface area contributed by atoms with E-state index >= 15 is 0 Å². The van der Waals surface area contributed by atoms with Crippen LogP contribution >= 0.6 is 0 Å². The van der Waals surface area contributed by atoms with Gasteiger partial charge in [0.15, 0.2) is 0 Å². The van der Waals surface area contributed by atoms with Gasteiger partial charge in [-0.25, -0.2) is 0 Å². The Kier molecular flexibility index (Phi) is 6.05. The maximum atomic E-state index is 13.2. The van der Waals surface area contributed by atoms with Gasteiger partial charge in [-0.15, -0.1) is 0 Å². The minimum Gasteiger partial charge on any atom is -0.490 e. The van der Waals surface area contributed by atoms with E-state index in [9.17, 15) is 4.79 Å². The fraction of sp³-hybridized carbons (Fsp3) is 0.522. The monoisotopic (exact) mass is 369 g/mol. The fourth-order valence-corrected chi connectivity index (χ4v) is 4.01. The molecule has 1 aliphatic carbocycles. The second-order valence-corrected chi connectivity index (χ2v) is 7.85. The minimum atomic E-state index is -0.731. The predicted octanol–water partition coefficient (Wildman–Crippen LogP) is 5.55. The number of carbonyl (C=O) groups excluding carboxylic acids is 1. The number of hydrogen-bond acceptors (Lipinski definition) is 3. The van der Waals surface area contributed by atoms with Crippen molar-refractivity contribution in [2.75, 3.05) is 12.4 Å². The van der Waals surface area contributed by atoms with Crippen LogP contribution in [0.1, 0.15) is 52.9 Å². The molecule has 3 rings (SSSR count). The highest BCUT2D eigenvalue weighted by molar-refractivity contribution is 6.06. The number of hydrogen-bond donors (Lipinski definition) is 1. The Labute approximate surface area is 162 Å². The average molecular weight is 370 g/mol. The van der Waals surface area contributed by atoms with Crippen molar-refractivity contribution < 1.29 is 14.3 Å². The van der Waals surface area contributed by atoms with Gasteiger partial charge in [-0.05, 0) is 50.7 Å². The van der Waals surface area contributed by atoms with Gasteiger partial charge in [-0.2, -0.15) is 0 Å². The molecule has 0 unspecified atom stereocenters. The van der Waals surface area contributed by atoms with Crippen LogP contribution in [-0.2, 0) is 9.53 Å². The summed E-state index contributed by atoms with van der Waals surface area (Å²) in [4.78, 5) is 13.2. The van der Waals surface area contributed by atoms with Crippen LogP contribution in [0.4, 0.5) is 5.69 Å². The molecule has 3 atom stereocenters. The van der Waals surface area contributed by atoms with E-state index in [1.807, 2.05) is 36.4 Å². The molecule has 0 spiro atoms. The van der Waals surface area contributed by atoms with E-state index in [1.54, 1.807) is 7.11 Å². The number of nitrogens with one attached hydrogen (secondary N) is 1. The van der Waals surface area contributed by atoms with Crippen LogP contribution in [-0.4, -0.2) is 24.7 Å². The Hall–Kier alpha value is -2.07. The van der Waals surface area contributed by atoms with Crippen molar-refractivity contribution in [2.45, 2.75) is 64.6 Å². The van der Waals surface area contributed by atoms with E-state index in [-0.39, 0.29) is 12.0 Å². The molecule has 1 fully saturated rings. The zero-order chi connectivity index (χ0) is 19.4. The van der Waals surface area contributed by atoms with E-state index in [1.165, 1.54) is 0 Å². The third-order valence-electron chi connectivity index (χ3n) is 5.80. The second kappa shape index (κ2) is 8.30. The van der Waals surface area contributed by atoms with Gasteiger partial charge >= 0.3 is 0 Å². The molecule has 0 saturated heterocycles. The van der Waals surface area contributed by atoms with Crippen molar-refractivity contribution in [1.82, 2.24) is 0 Å². The summed E-state index contributed by atoms with van der Waals surface area (Å²) in [5.41, 5.74) is 0.0757.